The van der Waals surface area contributed by atoms with Crippen LogP contribution in [0.3, 0.4) is 0 Å². The van der Waals surface area contributed by atoms with Crippen LogP contribution in [-0.4, -0.2) is 34.5 Å². The highest BCUT2D eigenvalue weighted by Gasteiger charge is 2.08. The molecule has 3 aromatic rings. The van der Waals surface area contributed by atoms with Crippen molar-refractivity contribution in [2.75, 3.05) is 13.4 Å². The zero-order chi connectivity index (χ0) is 19.2. The van der Waals surface area contributed by atoms with Crippen LogP contribution in [0.15, 0.2) is 52.7 Å². The fourth-order valence-corrected chi connectivity index (χ4v) is 3.08. The summed E-state index contributed by atoms with van der Waals surface area (Å²) in [7, 11) is 1.61. The fraction of sp³-hybridized carbons (Fsp3) is 0.211. The topological polar surface area (TPSA) is 61.5 Å². The smallest absolute Gasteiger partial charge is 0.211 e. The van der Waals surface area contributed by atoms with Crippen molar-refractivity contribution in [1.82, 2.24) is 14.9 Å². The summed E-state index contributed by atoms with van der Waals surface area (Å²) < 4.78 is 13.0. The van der Waals surface area contributed by atoms with Crippen molar-refractivity contribution in [1.29, 1.82) is 0 Å². The fourth-order valence-electron chi connectivity index (χ4n) is 2.39. The number of halogens is 1. The Labute approximate surface area is 167 Å². The molecular formula is C19H19ClN4O2S. The number of rotatable bonds is 7. The second-order valence-corrected chi connectivity index (χ2v) is 6.83. The van der Waals surface area contributed by atoms with E-state index in [2.05, 4.69) is 15.3 Å². The van der Waals surface area contributed by atoms with Crippen LogP contribution in [0.1, 0.15) is 17.0 Å². The van der Waals surface area contributed by atoms with E-state index in [0.29, 0.717) is 23.1 Å². The van der Waals surface area contributed by atoms with Crippen molar-refractivity contribution in [2.45, 2.75) is 18.7 Å². The Bertz CT molecular complexity index is 959. The lowest BCUT2D eigenvalue weighted by Crippen LogP contribution is -1.99. The van der Waals surface area contributed by atoms with Crippen molar-refractivity contribution in [3.8, 4) is 11.5 Å². The van der Waals surface area contributed by atoms with Gasteiger partial charge in [-0.2, -0.15) is 9.78 Å². The average molecular weight is 403 g/mol. The Kier molecular flexibility index (Phi) is 6.36. The molecular weight excluding hydrogens is 384 g/mol. The van der Waals surface area contributed by atoms with Crippen molar-refractivity contribution in [2.24, 2.45) is 5.10 Å². The minimum atomic E-state index is 0.404. The quantitative estimate of drug-likeness (QED) is 0.432. The summed E-state index contributed by atoms with van der Waals surface area (Å²) >= 11 is 7.50. The molecule has 0 bridgehead atoms. The van der Waals surface area contributed by atoms with Gasteiger partial charge in [0.1, 0.15) is 6.61 Å². The van der Waals surface area contributed by atoms with E-state index < -0.39 is 0 Å². The van der Waals surface area contributed by atoms with Gasteiger partial charge in [-0.3, -0.25) is 0 Å². The minimum absolute atomic E-state index is 0.404. The Morgan fingerprint density at radius 2 is 2.04 bits per heavy atom. The van der Waals surface area contributed by atoms with Gasteiger partial charge in [0.25, 0.3) is 0 Å². The Hall–Kier alpha value is -2.51. The highest BCUT2D eigenvalue weighted by molar-refractivity contribution is 7.98. The molecule has 3 rings (SSSR count). The summed E-state index contributed by atoms with van der Waals surface area (Å²) in [6.45, 7) is 2.26. The first-order valence-electron chi connectivity index (χ1n) is 8.16. The molecule has 0 aliphatic heterocycles. The van der Waals surface area contributed by atoms with Gasteiger partial charge < -0.3 is 9.47 Å². The molecule has 6 nitrogen and oxygen atoms in total. The van der Waals surface area contributed by atoms with Gasteiger partial charge in [-0.05, 0) is 54.6 Å². The van der Waals surface area contributed by atoms with Crippen molar-refractivity contribution < 1.29 is 9.47 Å². The van der Waals surface area contributed by atoms with Gasteiger partial charge in [0.05, 0.1) is 13.3 Å². The van der Waals surface area contributed by atoms with Gasteiger partial charge >= 0.3 is 0 Å². The molecule has 0 fully saturated rings. The monoisotopic (exact) mass is 402 g/mol. The molecule has 1 aromatic heterocycles. The Balaban J connectivity index is 1.75. The van der Waals surface area contributed by atoms with Crippen LogP contribution in [0.25, 0.3) is 0 Å². The Morgan fingerprint density at radius 3 is 2.78 bits per heavy atom. The van der Waals surface area contributed by atoms with Crippen LogP contribution in [0.5, 0.6) is 11.5 Å². The summed E-state index contributed by atoms with van der Waals surface area (Å²) in [5.74, 6) is 2.01. The summed E-state index contributed by atoms with van der Waals surface area (Å²) in [6, 6.07) is 13.2. The number of methoxy groups -OCH3 is 1. The highest BCUT2D eigenvalue weighted by Crippen LogP contribution is 2.28. The molecule has 0 spiro atoms. The normalized spacial score (nSPS) is 11.1. The zero-order valence-corrected chi connectivity index (χ0v) is 16.8. The first-order valence-corrected chi connectivity index (χ1v) is 9.76. The number of hydrogen-bond donors (Lipinski definition) is 0. The predicted molar refractivity (Wildman–Crippen MR) is 108 cm³/mol. The van der Waals surface area contributed by atoms with E-state index >= 15 is 0 Å². The Morgan fingerprint density at radius 1 is 1.19 bits per heavy atom. The maximum Gasteiger partial charge on any atom is 0.211 e. The molecule has 0 saturated carbocycles. The van der Waals surface area contributed by atoms with Gasteiger partial charge in [0, 0.05) is 5.02 Å². The van der Waals surface area contributed by atoms with E-state index in [1.807, 2.05) is 55.6 Å². The lowest BCUT2D eigenvalue weighted by Gasteiger charge is -2.11. The van der Waals surface area contributed by atoms with Crippen molar-refractivity contribution in [3.05, 3.63) is 64.4 Å². The van der Waals surface area contributed by atoms with Crippen LogP contribution in [-0.2, 0) is 6.61 Å². The molecule has 0 N–H and O–H groups in total. The largest absolute Gasteiger partial charge is 0.493 e. The highest BCUT2D eigenvalue weighted by atomic mass is 35.5. The molecule has 27 heavy (non-hydrogen) atoms. The SMILES string of the molecule is COc1cc(/C=N\n2c(C)nnc2SC)ccc1OCc1cccc(Cl)c1. The summed E-state index contributed by atoms with van der Waals surface area (Å²) in [5, 5.41) is 14.0. The van der Waals surface area contributed by atoms with Crippen LogP contribution in [0.4, 0.5) is 0 Å². The van der Waals surface area contributed by atoms with E-state index in [9.17, 15) is 0 Å². The molecule has 0 aliphatic rings. The molecule has 8 heteroatoms. The number of aryl methyl sites for hydroxylation is 1. The number of nitrogens with zero attached hydrogens (tertiary/aromatic N) is 4. The van der Waals surface area contributed by atoms with E-state index in [0.717, 1.165) is 22.1 Å². The molecule has 0 amide bonds. The third-order valence-corrected chi connectivity index (χ3v) is 4.60. The first kappa shape index (κ1) is 19.3. The van der Waals surface area contributed by atoms with Crippen molar-refractivity contribution in [3.63, 3.8) is 0 Å². The first-order chi connectivity index (χ1) is 13.1. The summed E-state index contributed by atoms with van der Waals surface area (Å²) in [6.07, 6.45) is 3.67. The van der Waals surface area contributed by atoms with Crippen LogP contribution >= 0.6 is 23.4 Å². The number of aromatic nitrogens is 3. The molecule has 0 radical (unpaired) electrons. The van der Waals surface area contributed by atoms with Gasteiger partial charge in [0.2, 0.25) is 5.16 Å². The molecule has 140 valence electrons. The number of ether oxygens (including phenoxy) is 2. The third kappa shape index (κ3) is 4.81. The van der Waals surface area contributed by atoms with Gasteiger partial charge in [-0.1, -0.05) is 35.5 Å². The molecule has 0 saturated heterocycles. The number of benzene rings is 2. The van der Waals surface area contributed by atoms with Crippen LogP contribution in [0.2, 0.25) is 5.02 Å². The van der Waals surface area contributed by atoms with Crippen molar-refractivity contribution >= 4 is 29.6 Å². The summed E-state index contributed by atoms with van der Waals surface area (Å²) in [5.41, 5.74) is 1.87. The van der Waals surface area contributed by atoms with E-state index in [4.69, 9.17) is 21.1 Å². The zero-order valence-electron chi connectivity index (χ0n) is 15.2. The molecule has 0 aliphatic carbocycles. The molecule has 2 aromatic carbocycles. The van der Waals surface area contributed by atoms with Crippen LogP contribution < -0.4 is 9.47 Å². The van der Waals surface area contributed by atoms with E-state index in [1.54, 1.807) is 18.0 Å². The summed E-state index contributed by atoms with van der Waals surface area (Å²) in [4.78, 5) is 0. The minimum Gasteiger partial charge on any atom is -0.493 e. The maximum atomic E-state index is 6.01. The van der Waals surface area contributed by atoms with Gasteiger partial charge in [0.15, 0.2) is 17.3 Å². The second kappa shape index (κ2) is 8.92. The van der Waals surface area contributed by atoms with E-state index in [-0.39, 0.29) is 0 Å². The maximum absolute atomic E-state index is 6.01. The number of thioether (sulfide) groups is 1. The molecule has 0 atom stereocenters. The third-order valence-electron chi connectivity index (χ3n) is 3.74. The number of hydrogen-bond acceptors (Lipinski definition) is 6. The lowest BCUT2D eigenvalue weighted by atomic mass is 10.2. The molecule has 0 unspecified atom stereocenters. The standard InChI is InChI=1S/C19H19ClN4O2S/c1-13-22-23-19(27-3)24(13)21-11-14-7-8-17(18(10-14)25-2)26-12-15-5-4-6-16(20)9-15/h4-11H,12H2,1-3H3/b21-11-. The van der Waals surface area contributed by atoms with Crippen LogP contribution in [0, 0.1) is 6.92 Å². The van der Waals surface area contributed by atoms with Gasteiger partial charge in [-0.15, -0.1) is 10.2 Å². The van der Waals surface area contributed by atoms with Gasteiger partial charge in [-0.25, -0.2) is 0 Å². The van der Waals surface area contributed by atoms with E-state index in [1.165, 1.54) is 11.8 Å². The average Bonchev–Trinajstić information content (AvgIpc) is 3.04. The second-order valence-electron chi connectivity index (χ2n) is 5.62. The molecule has 1 heterocycles. The lowest BCUT2D eigenvalue weighted by molar-refractivity contribution is 0.284. The predicted octanol–water partition coefficient (Wildman–Crippen LogP) is 4.43.